The van der Waals surface area contributed by atoms with Gasteiger partial charge in [-0.05, 0) is 25.0 Å². The van der Waals surface area contributed by atoms with E-state index in [-0.39, 0.29) is 11.5 Å². The minimum atomic E-state index is -3.46. The van der Waals surface area contributed by atoms with E-state index in [1.165, 1.54) is 18.2 Å². The number of nitrogens with zero attached hydrogens (tertiary/aromatic N) is 1. The lowest BCUT2D eigenvalue weighted by Gasteiger charge is -2.12. The quantitative estimate of drug-likeness (QED) is 0.863. The van der Waals surface area contributed by atoms with E-state index in [0.717, 1.165) is 12.8 Å². The standard InChI is InChI=1S/C11H14N2O4S/c14-11(15)9-6-3-7-10(12-9)13-18(16,17)8-4-1-2-5-8/h3,6-8H,1-2,4-5H2,(H,12,13)(H,14,15). The van der Waals surface area contributed by atoms with E-state index in [0.29, 0.717) is 12.8 Å². The largest absolute Gasteiger partial charge is 0.477 e. The van der Waals surface area contributed by atoms with Gasteiger partial charge in [-0.15, -0.1) is 0 Å². The van der Waals surface area contributed by atoms with Gasteiger partial charge in [-0.1, -0.05) is 18.9 Å². The molecule has 2 N–H and O–H groups in total. The fraction of sp³-hybridized carbons (Fsp3) is 0.455. The molecule has 1 aliphatic rings. The number of hydrogen-bond acceptors (Lipinski definition) is 4. The van der Waals surface area contributed by atoms with Crippen LogP contribution in [0.3, 0.4) is 0 Å². The molecule has 0 saturated heterocycles. The summed E-state index contributed by atoms with van der Waals surface area (Å²) < 4.78 is 26.3. The maximum atomic E-state index is 12.0. The van der Waals surface area contributed by atoms with Crippen LogP contribution < -0.4 is 4.72 Å². The first-order chi connectivity index (χ1) is 8.49. The van der Waals surface area contributed by atoms with E-state index in [1.54, 1.807) is 0 Å². The first-order valence-electron chi connectivity index (χ1n) is 5.71. The number of hydrogen-bond donors (Lipinski definition) is 2. The molecule has 1 heterocycles. The van der Waals surface area contributed by atoms with Gasteiger partial charge in [0, 0.05) is 0 Å². The van der Waals surface area contributed by atoms with E-state index < -0.39 is 21.2 Å². The third-order valence-electron chi connectivity index (χ3n) is 2.96. The number of aromatic carboxylic acids is 1. The maximum Gasteiger partial charge on any atom is 0.354 e. The van der Waals surface area contributed by atoms with Crippen LogP contribution in [0, 0.1) is 0 Å². The van der Waals surface area contributed by atoms with Gasteiger partial charge >= 0.3 is 5.97 Å². The smallest absolute Gasteiger partial charge is 0.354 e. The van der Waals surface area contributed by atoms with Gasteiger partial charge in [0.1, 0.15) is 5.82 Å². The lowest BCUT2D eigenvalue weighted by molar-refractivity contribution is 0.0690. The van der Waals surface area contributed by atoms with Gasteiger partial charge < -0.3 is 5.11 Å². The lowest BCUT2D eigenvalue weighted by atomic mass is 10.3. The monoisotopic (exact) mass is 270 g/mol. The van der Waals surface area contributed by atoms with Gasteiger partial charge in [0.2, 0.25) is 10.0 Å². The predicted octanol–water partition coefficient (Wildman–Crippen LogP) is 1.46. The number of carboxylic acid groups (broad SMARTS) is 1. The molecule has 98 valence electrons. The van der Waals surface area contributed by atoms with Gasteiger partial charge in [0.15, 0.2) is 5.69 Å². The lowest BCUT2D eigenvalue weighted by Crippen LogP contribution is -2.25. The highest BCUT2D eigenvalue weighted by atomic mass is 32.2. The summed E-state index contributed by atoms with van der Waals surface area (Å²) in [7, 11) is -3.46. The maximum absolute atomic E-state index is 12.0. The molecule has 0 atom stereocenters. The molecule has 0 bridgehead atoms. The van der Waals surface area contributed by atoms with Crippen LogP contribution in [0.4, 0.5) is 5.82 Å². The number of carboxylic acids is 1. The summed E-state index contributed by atoms with van der Waals surface area (Å²) in [6, 6.07) is 4.22. The minimum absolute atomic E-state index is 0.0572. The first kappa shape index (κ1) is 12.8. The first-order valence-corrected chi connectivity index (χ1v) is 7.25. The molecule has 0 spiro atoms. The Kier molecular flexibility index (Phi) is 3.51. The van der Waals surface area contributed by atoms with Crippen LogP contribution in [0.2, 0.25) is 0 Å². The Labute approximate surface area is 105 Å². The number of sulfonamides is 1. The van der Waals surface area contributed by atoms with E-state index in [4.69, 9.17) is 5.11 Å². The summed E-state index contributed by atoms with van der Waals surface area (Å²) >= 11 is 0. The van der Waals surface area contributed by atoms with Crippen LogP contribution in [0.15, 0.2) is 18.2 Å². The van der Waals surface area contributed by atoms with Crippen LogP contribution in [-0.4, -0.2) is 29.7 Å². The minimum Gasteiger partial charge on any atom is -0.477 e. The molecule has 0 amide bonds. The van der Waals surface area contributed by atoms with Crippen molar-refractivity contribution in [2.75, 3.05) is 4.72 Å². The zero-order valence-corrected chi connectivity index (χ0v) is 10.5. The Morgan fingerprint density at radius 2 is 2.00 bits per heavy atom. The summed E-state index contributed by atoms with van der Waals surface area (Å²) in [6.45, 7) is 0. The second-order valence-corrected chi connectivity index (χ2v) is 6.23. The molecule has 2 rings (SSSR count). The SMILES string of the molecule is O=C(O)c1cccc(NS(=O)(=O)C2CCCC2)n1. The fourth-order valence-electron chi connectivity index (χ4n) is 2.04. The zero-order chi connectivity index (χ0) is 13.2. The molecule has 18 heavy (non-hydrogen) atoms. The van der Waals surface area contributed by atoms with Crippen molar-refractivity contribution in [1.29, 1.82) is 0 Å². The predicted molar refractivity (Wildman–Crippen MR) is 66.0 cm³/mol. The van der Waals surface area contributed by atoms with Crippen molar-refractivity contribution in [3.05, 3.63) is 23.9 Å². The molecular formula is C11H14N2O4S. The number of carbonyl (C=O) groups is 1. The molecule has 1 aliphatic carbocycles. The summed E-state index contributed by atoms with van der Waals surface area (Å²) in [5.41, 5.74) is -0.179. The number of aromatic nitrogens is 1. The Morgan fingerprint density at radius 1 is 1.33 bits per heavy atom. The molecule has 7 heteroatoms. The molecular weight excluding hydrogens is 256 g/mol. The van der Waals surface area contributed by atoms with Gasteiger partial charge in [-0.2, -0.15) is 0 Å². The van der Waals surface area contributed by atoms with Crippen molar-refractivity contribution in [3.63, 3.8) is 0 Å². The number of rotatable bonds is 4. The van der Waals surface area contributed by atoms with Crippen LogP contribution >= 0.6 is 0 Å². The Balaban J connectivity index is 2.18. The van der Waals surface area contributed by atoms with Gasteiger partial charge in [0.25, 0.3) is 0 Å². The molecule has 1 aromatic rings. The van der Waals surface area contributed by atoms with Crippen molar-refractivity contribution in [1.82, 2.24) is 4.98 Å². The Morgan fingerprint density at radius 3 is 2.61 bits per heavy atom. The zero-order valence-electron chi connectivity index (χ0n) is 9.67. The summed E-state index contributed by atoms with van der Waals surface area (Å²) in [5.74, 6) is -1.13. The highest BCUT2D eigenvalue weighted by Gasteiger charge is 2.28. The molecule has 0 aliphatic heterocycles. The average molecular weight is 270 g/mol. The van der Waals surface area contributed by atoms with E-state index in [1.807, 2.05) is 0 Å². The number of pyridine rings is 1. The van der Waals surface area contributed by atoms with E-state index in [9.17, 15) is 13.2 Å². The van der Waals surface area contributed by atoms with Crippen molar-refractivity contribution in [3.8, 4) is 0 Å². The molecule has 0 radical (unpaired) electrons. The molecule has 1 fully saturated rings. The summed E-state index contributed by atoms with van der Waals surface area (Å²) in [5, 5.41) is 8.38. The second kappa shape index (κ2) is 4.93. The molecule has 1 saturated carbocycles. The highest BCUT2D eigenvalue weighted by molar-refractivity contribution is 7.93. The topological polar surface area (TPSA) is 96.4 Å². The molecule has 6 nitrogen and oxygen atoms in total. The van der Waals surface area contributed by atoms with Crippen LogP contribution in [0.25, 0.3) is 0 Å². The van der Waals surface area contributed by atoms with Crippen molar-refractivity contribution >= 4 is 21.8 Å². The van der Waals surface area contributed by atoms with E-state index >= 15 is 0 Å². The Hall–Kier alpha value is -1.63. The van der Waals surface area contributed by atoms with Crippen molar-refractivity contribution in [2.45, 2.75) is 30.9 Å². The molecule has 1 aromatic heterocycles. The van der Waals surface area contributed by atoms with Crippen LogP contribution in [-0.2, 0) is 10.0 Å². The van der Waals surface area contributed by atoms with Gasteiger partial charge in [-0.25, -0.2) is 18.2 Å². The summed E-state index contributed by atoms with van der Waals surface area (Å²) in [4.78, 5) is 14.5. The van der Waals surface area contributed by atoms with Gasteiger partial charge in [0.05, 0.1) is 5.25 Å². The van der Waals surface area contributed by atoms with E-state index in [2.05, 4.69) is 9.71 Å². The van der Waals surface area contributed by atoms with Gasteiger partial charge in [-0.3, -0.25) is 4.72 Å². The third-order valence-corrected chi connectivity index (χ3v) is 4.80. The molecule has 0 unspecified atom stereocenters. The highest BCUT2D eigenvalue weighted by Crippen LogP contribution is 2.25. The Bertz CT molecular complexity index is 550. The fourth-order valence-corrected chi connectivity index (χ4v) is 3.56. The second-order valence-electron chi connectivity index (χ2n) is 4.27. The van der Waals surface area contributed by atoms with Crippen molar-refractivity contribution < 1.29 is 18.3 Å². The molecule has 0 aromatic carbocycles. The normalized spacial score (nSPS) is 16.7. The number of nitrogens with one attached hydrogen (secondary N) is 1. The number of anilines is 1. The average Bonchev–Trinajstić information content (AvgIpc) is 2.82. The third kappa shape index (κ3) is 2.79. The van der Waals surface area contributed by atoms with Crippen LogP contribution in [0.5, 0.6) is 0 Å². The summed E-state index contributed by atoms with van der Waals surface area (Å²) in [6.07, 6.45) is 3.12. The van der Waals surface area contributed by atoms with Crippen LogP contribution in [0.1, 0.15) is 36.2 Å². The van der Waals surface area contributed by atoms with Crippen molar-refractivity contribution in [2.24, 2.45) is 0 Å².